The molecule has 0 radical (unpaired) electrons. The van der Waals surface area contributed by atoms with Gasteiger partial charge in [0.15, 0.2) is 0 Å². The Morgan fingerprint density at radius 2 is 0.963 bits per heavy atom. The van der Waals surface area contributed by atoms with E-state index in [9.17, 15) is 9.59 Å². The van der Waals surface area contributed by atoms with Gasteiger partial charge >= 0.3 is 0 Å². The van der Waals surface area contributed by atoms with Gasteiger partial charge in [0.25, 0.3) is 0 Å². The molecule has 2 amide bonds. The smallest absolute Gasteiger partial charge is 0.245 e. The molecule has 0 aromatic heterocycles. The monoisotopic (exact) mass is 730 g/mol. The second kappa shape index (κ2) is 21.0. The Kier molecular flexibility index (Phi) is 15.7. The Morgan fingerprint density at radius 3 is 1.33 bits per heavy atom. The van der Waals surface area contributed by atoms with Crippen molar-refractivity contribution in [1.82, 2.24) is 19.6 Å². The molecule has 4 aliphatic heterocycles. The van der Waals surface area contributed by atoms with Crippen LogP contribution in [0.2, 0.25) is 0 Å². The molecule has 54 heavy (non-hydrogen) atoms. The highest BCUT2D eigenvalue weighted by Crippen LogP contribution is 2.32. The topological polar surface area (TPSA) is 124 Å². The molecule has 0 spiro atoms. The van der Waals surface area contributed by atoms with E-state index in [0.29, 0.717) is 24.8 Å². The molecule has 10 nitrogen and oxygen atoms in total. The molecule has 4 atom stereocenters. The van der Waals surface area contributed by atoms with Crippen molar-refractivity contribution >= 4 is 23.5 Å². The van der Waals surface area contributed by atoms with Crippen LogP contribution in [0.15, 0.2) is 108 Å². The van der Waals surface area contributed by atoms with Gasteiger partial charge in [-0.3, -0.25) is 19.4 Å². The molecule has 2 aromatic carbocycles. The molecule has 286 valence electrons. The number of amides is 2. The number of nitrogens with two attached hydrogens (primary N) is 2. The Bertz CT molecular complexity index is 1560. The number of allylic oxidation sites excluding steroid dienone is 2. The van der Waals surface area contributed by atoms with Crippen molar-refractivity contribution in [1.29, 1.82) is 0 Å². The number of amidine groups is 2. The first-order chi connectivity index (χ1) is 26.5. The Balaban J connectivity index is 0.00000276. The van der Waals surface area contributed by atoms with Crippen LogP contribution in [0.3, 0.4) is 0 Å². The van der Waals surface area contributed by atoms with Gasteiger partial charge < -0.3 is 21.3 Å². The van der Waals surface area contributed by atoms with Crippen molar-refractivity contribution in [2.75, 3.05) is 39.3 Å². The van der Waals surface area contributed by atoms with E-state index in [1.807, 2.05) is 46.2 Å². The van der Waals surface area contributed by atoms with E-state index < -0.39 is 0 Å². The lowest BCUT2D eigenvalue weighted by atomic mass is 10.00. The summed E-state index contributed by atoms with van der Waals surface area (Å²) >= 11 is 0. The van der Waals surface area contributed by atoms with E-state index in [-0.39, 0.29) is 36.0 Å². The average molecular weight is 731 g/mol. The lowest BCUT2D eigenvalue weighted by Gasteiger charge is -2.37. The Labute approximate surface area is 322 Å². The van der Waals surface area contributed by atoms with Crippen molar-refractivity contribution in [3.63, 3.8) is 0 Å². The minimum absolute atomic E-state index is 0.102. The van der Waals surface area contributed by atoms with Crippen LogP contribution in [0.25, 0.3) is 0 Å². The first kappa shape index (κ1) is 40.2. The third-order valence-corrected chi connectivity index (χ3v) is 10.8. The largest absolute Gasteiger partial charge is 0.385 e. The molecule has 4 saturated heterocycles. The molecule has 4 N–H and O–H groups in total. The fourth-order valence-electron chi connectivity index (χ4n) is 8.22. The standard InChI is InChI=1S/C42H54N8O2.C2H4/c43-39(35-23-17-31-49(35)41(51)37(33-19-7-3-8-20-33)47-27-13-5-14-28-47)45-25-11-1-2-12-26-46-40(44)36-24-18-32-50(36)42(52)38(34-21-9-4-10-22-34)48-29-15-6-16-30-48;1-2/h3-4,7-12,19-22,25-26,35-38H,5-6,13-18,23-24,27-32H2,(H2,43,45)(H2,44,46);1-2H2/b25-11+,26-12+;/t35-,36-,37+,38+;/m0./s1. The van der Waals surface area contributed by atoms with Crippen LogP contribution in [0.1, 0.15) is 87.4 Å². The van der Waals surface area contributed by atoms with Crippen molar-refractivity contribution in [2.24, 2.45) is 21.5 Å². The van der Waals surface area contributed by atoms with Gasteiger partial charge in [-0.15, -0.1) is 13.2 Å². The zero-order chi connectivity index (χ0) is 38.1. The minimum Gasteiger partial charge on any atom is -0.385 e. The van der Waals surface area contributed by atoms with Crippen molar-refractivity contribution in [2.45, 2.75) is 88.4 Å². The molecule has 4 fully saturated rings. The van der Waals surface area contributed by atoms with Gasteiger partial charge in [-0.1, -0.05) is 85.3 Å². The van der Waals surface area contributed by atoms with E-state index in [2.05, 4.69) is 69.0 Å². The van der Waals surface area contributed by atoms with Crippen molar-refractivity contribution in [3.05, 3.63) is 110 Å². The van der Waals surface area contributed by atoms with Crippen LogP contribution < -0.4 is 11.5 Å². The zero-order valence-electron chi connectivity index (χ0n) is 31.8. The summed E-state index contributed by atoms with van der Waals surface area (Å²) < 4.78 is 0. The second-order valence-corrected chi connectivity index (χ2v) is 14.2. The fourth-order valence-corrected chi connectivity index (χ4v) is 8.22. The third kappa shape index (κ3) is 10.4. The first-order valence-corrected chi connectivity index (χ1v) is 19.7. The summed E-state index contributed by atoms with van der Waals surface area (Å²) in [6.45, 7) is 11.0. The molecule has 2 aromatic rings. The second-order valence-electron chi connectivity index (χ2n) is 14.2. The number of rotatable bonds is 10. The molecule has 10 heteroatoms. The Morgan fingerprint density at radius 1 is 0.593 bits per heavy atom. The first-order valence-electron chi connectivity index (χ1n) is 19.7. The SMILES string of the molecule is C=C.NC(=N/C=C/C#C/C=C/N=C(N)[C@@H]1CCCN1C(=O)[C@@H](c1ccccc1)N1CCCCC1)[C@@H]1CCCN1C(=O)[C@@H](c1ccccc1)N1CCCCC1. The van der Waals surface area contributed by atoms with Gasteiger partial charge in [-0.05, 0) is 88.7 Å². The van der Waals surface area contributed by atoms with Gasteiger partial charge in [0.1, 0.15) is 23.8 Å². The summed E-state index contributed by atoms with van der Waals surface area (Å²) in [6, 6.07) is 19.1. The van der Waals surface area contributed by atoms with E-state index in [4.69, 9.17) is 11.5 Å². The highest BCUT2D eigenvalue weighted by Gasteiger charge is 2.40. The van der Waals surface area contributed by atoms with Crippen LogP contribution in [-0.4, -0.2) is 94.4 Å². The van der Waals surface area contributed by atoms with E-state index in [1.165, 1.54) is 12.8 Å². The van der Waals surface area contributed by atoms with Gasteiger partial charge in [0, 0.05) is 37.6 Å². The van der Waals surface area contributed by atoms with Crippen LogP contribution in [0, 0.1) is 11.8 Å². The fraction of sp³-hybridized carbons (Fsp3) is 0.455. The van der Waals surface area contributed by atoms with Crippen molar-refractivity contribution in [3.8, 4) is 11.8 Å². The number of nitrogens with zero attached hydrogens (tertiary/aromatic N) is 6. The van der Waals surface area contributed by atoms with Gasteiger partial charge in [-0.2, -0.15) is 0 Å². The number of carbonyl (C=O) groups excluding carboxylic acids is 2. The molecule has 4 heterocycles. The normalized spacial score (nSPS) is 22.7. The number of hydrogen-bond donors (Lipinski definition) is 2. The lowest BCUT2D eigenvalue weighted by molar-refractivity contribution is -0.138. The predicted octanol–water partition coefficient (Wildman–Crippen LogP) is 5.97. The highest BCUT2D eigenvalue weighted by molar-refractivity contribution is 5.94. The van der Waals surface area contributed by atoms with Gasteiger partial charge in [0.05, 0.1) is 12.1 Å². The van der Waals surface area contributed by atoms with Gasteiger partial charge in [0.2, 0.25) is 11.8 Å². The summed E-state index contributed by atoms with van der Waals surface area (Å²) in [6.07, 6.45) is 16.7. The molecular weight excluding hydrogens is 673 g/mol. The molecule has 0 saturated carbocycles. The number of carbonyl (C=O) groups is 2. The van der Waals surface area contributed by atoms with Crippen LogP contribution >= 0.6 is 0 Å². The maximum atomic E-state index is 14.1. The van der Waals surface area contributed by atoms with E-state index in [0.717, 1.165) is 88.7 Å². The minimum atomic E-state index is -0.303. The highest BCUT2D eigenvalue weighted by atomic mass is 16.2. The quantitative estimate of drug-likeness (QED) is 0.135. The van der Waals surface area contributed by atoms with Crippen molar-refractivity contribution < 1.29 is 9.59 Å². The third-order valence-electron chi connectivity index (χ3n) is 10.8. The maximum absolute atomic E-state index is 14.1. The van der Waals surface area contributed by atoms with Crippen LogP contribution in [-0.2, 0) is 9.59 Å². The number of piperidine rings is 2. The predicted molar refractivity (Wildman–Crippen MR) is 219 cm³/mol. The summed E-state index contributed by atoms with van der Waals surface area (Å²) in [5.41, 5.74) is 15.0. The molecule has 6 rings (SSSR count). The molecule has 4 aliphatic rings. The summed E-state index contributed by atoms with van der Waals surface area (Å²) in [5, 5.41) is 0. The number of benzene rings is 2. The molecular formula is C44H58N8O2. The van der Waals surface area contributed by atoms with Crippen LogP contribution in [0.5, 0.6) is 0 Å². The molecule has 0 aliphatic carbocycles. The number of aliphatic imine (C=N–C) groups is 2. The summed E-state index contributed by atoms with van der Waals surface area (Å²) in [5.74, 6) is 6.93. The number of hydrogen-bond acceptors (Lipinski definition) is 6. The van der Waals surface area contributed by atoms with Gasteiger partial charge in [-0.25, -0.2) is 9.98 Å². The van der Waals surface area contributed by atoms with E-state index >= 15 is 0 Å². The summed E-state index contributed by atoms with van der Waals surface area (Å²) in [7, 11) is 0. The molecule has 0 bridgehead atoms. The average Bonchev–Trinajstić information content (AvgIpc) is 3.93. The summed E-state index contributed by atoms with van der Waals surface area (Å²) in [4.78, 5) is 45.5. The molecule has 0 unspecified atom stereocenters. The van der Waals surface area contributed by atoms with Crippen LogP contribution in [0.4, 0.5) is 0 Å². The van der Waals surface area contributed by atoms with E-state index in [1.54, 1.807) is 24.6 Å². The number of likely N-dealkylation sites (tertiary alicyclic amines) is 4. The maximum Gasteiger partial charge on any atom is 0.245 e. The zero-order valence-corrected chi connectivity index (χ0v) is 31.8. The Hall–Kier alpha value is -4.98. The lowest BCUT2D eigenvalue weighted by Crippen LogP contribution is -2.49.